The number of fused-ring (bicyclic) bond motifs is 1. The van der Waals surface area contributed by atoms with Gasteiger partial charge in [0.05, 0.1) is 15.5 Å². The van der Waals surface area contributed by atoms with Crippen LogP contribution in [0.5, 0.6) is 0 Å². The molecule has 34 heavy (non-hydrogen) atoms. The molecule has 6 nitrogen and oxygen atoms in total. The van der Waals surface area contributed by atoms with Crippen molar-refractivity contribution in [3.63, 3.8) is 0 Å². The number of benzene rings is 3. The van der Waals surface area contributed by atoms with E-state index in [1.165, 1.54) is 23.9 Å². The Labute approximate surface area is 205 Å². The molecule has 0 bridgehead atoms. The molecule has 1 aromatic heterocycles. The number of aromatic nitrogens is 1. The van der Waals surface area contributed by atoms with E-state index in [1.54, 1.807) is 17.0 Å². The number of carbonyl (C=O) groups excluding carboxylic acids is 1. The van der Waals surface area contributed by atoms with Gasteiger partial charge >= 0.3 is 0 Å². The van der Waals surface area contributed by atoms with Crippen LogP contribution in [0.3, 0.4) is 0 Å². The number of rotatable bonds is 5. The molecular formula is C26H19N3O3S2. The molecule has 4 aromatic rings. The number of non-ortho nitro benzene ring substituents is 1. The first kappa shape index (κ1) is 22.1. The number of anilines is 1. The van der Waals surface area contributed by atoms with Crippen molar-refractivity contribution >= 4 is 62.6 Å². The number of nitrogens with zero attached hydrogens (tertiary/aromatic N) is 3. The summed E-state index contributed by atoms with van der Waals surface area (Å²) in [6.45, 7) is 2.58. The van der Waals surface area contributed by atoms with Gasteiger partial charge in [0.25, 0.3) is 11.6 Å². The van der Waals surface area contributed by atoms with Gasteiger partial charge < -0.3 is 4.57 Å². The Morgan fingerprint density at radius 2 is 1.68 bits per heavy atom. The quantitative estimate of drug-likeness (QED) is 0.143. The molecule has 0 aliphatic carbocycles. The summed E-state index contributed by atoms with van der Waals surface area (Å²) in [7, 11) is 0. The molecule has 0 spiro atoms. The fourth-order valence-electron chi connectivity index (χ4n) is 4.15. The zero-order valence-corrected chi connectivity index (χ0v) is 19.8. The number of hydrogen-bond acceptors (Lipinski definition) is 5. The van der Waals surface area contributed by atoms with E-state index in [-0.39, 0.29) is 11.6 Å². The maximum atomic E-state index is 13.2. The Hall–Kier alpha value is -3.75. The summed E-state index contributed by atoms with van der Waals surface area (Å²) in [6.07, 6.45) is 1.92. The second-order valence-corrected chi connectivity index (χ2v) is 9.55. The predicted molar refractivity (Wildman–Crippen MR) is 141 cm³/mol. The lowest BCUT2D eigenvalue weighted by Gasteiger charge is -2.13. The van der Waals surface area contributed by atoms with Crippen LogP contribution in [-0.2, 0) is 11.3 Å². The van der Waals surface area contributed by atoms with Crippen LogP contribution in [0.15, 0.2) is 83.8 Å². The standard InChI is InChI=1S/C26H19N3O3S2/c1-17-22(15-24-25(30)28(26(33)34-24)19-7-3-2-4-8-19)21-9-5-6-10-23(21)27(17)16-18-11-13-20(14-12-18)29(31)32/h2-15H,16H2,1H3/b24-15+. The Morgan fingerprint density at radius 3 is 2.38 bits per heavy atom. The number of carbonyl (C=O) groups is 1. The smallest absolute Gasteiger partial charge is 0.270 e. The lowest BCUT2D eigenvalue weighted by atomic mass is 10.1. The molecule has 0 saturated carbocycles. The molecule has 0 radical (unpaired) electrons. The molecule has 2 heterocycles. The van der Waals surface area contributed by atoms with Crippen molar-refractivity contribution in [2.45, 2.75) is 13.5 Å². The van der Waals surface area contributed by atoms with Crippen LogP contribution in [0.25, 0.3) is 17.0 Å². The lowest BCUT2D eigenvalue weighted by molar-refractivity contribution is -0.384. The van der Waals surface area contributed by atoms with Crippen molar-refractivity contribution < 1.29 is 9.72 Å². The van der Waals surface area contributed by atoms with E-state index in [4.69, 9.17) is 12.2 Å². The Morgan fingerprint density at radius 1 is 1.00 bits per heavy atom. The van der Waals surface area contributed by atoms with Gasteiger partial charge in [0.1, 0.15) is 0 Å². The third-order valence-electron chi connectivity index (χ3n) is 5.85. The van der Waals surface area contributed by atoms with Gasteiger partial charge in [-0.05, 0) is 36.8 Å². The van der Waals surface area contributed by atoms with E-state index in [9.17, 15) is 14.9 Å². The minimum absolute atomic E-state index is 0.0685. The monoisotopic (exact) mass is 485 g/mol. The van der Waals surface area contributed by atoms with Gasteiger partial charge in [0.2, 0.25) is 0 Å². The van der Waals surface area contributed by atoms with Gasteiger partial charge in [0.15, 0.2) is 4.32 Å². The van der Waals surface area contributed by atoms with E-state index >= 15 is 0 Å². The molecule has 168 valence electrons. The Kier molecular flexibility index (Phi) is 5.77. The zero-order chi connectivity index (χ0) is 23.8. The van der Waals surface area contributed by atoms with Crippen molar-refractivity contribution in [3.05, 3.63) is 111 Å². The second-order valence-electron chi connectivity index (χ2n) is 7.88. The Balaban J connectivity index is 1.54. The predicted octanol–water partition coefficient (Wildman–Crippen LogP) is 6.31. The molecule has 1 aliphatic heterocycles. The van der Waals surface area contributed by atoms with Crippen molar-refractivity contribution in [2.24, 2.45) is 0 Å². The summed E-state index contributed by atoms with van der Waals surface area (Å²) < 4.78 is 2.68. The molecule has 1 saturated heterocycles. The van der Waals surface area contributed by atoms with Crippen molar-refractivity contribution in [3.8, 4) is 0 Å². The average Bonchev–Trinajstić information content (AvgIpc) is 3.27. The van der Waals surface area contributed by atoms with E-state index < -0.39 is 4.92 Å². The molecule has 1 amide bonds. The normalized spacial score (nSPS) is 15.0. The van der Waals surface area contributed by atoms with Crippen LogP contribution in [0, 0.1) is 17.0 Å². The summed E-state index contributed by atoms with van der Waals surface area (Å²) >= 11 is 6.82. The number of thioether (sulfide) groups is 1. The van der Waals surface area contributed by atoms with Gasteiger partial charge in [-0.25, -0.2) is 0 Å². The van der Waals surface area contributed by atoms with Crippen LogP contribution < -0.4 is 4.90 Å². The third-order valence-corrected chi connectivity index (χ3v) is 7.15. The van der Waals surface area contributed by atoms with Crippen LogP contribution in [0.1, 0.15) is 16.8 Å². The Bertz CT molecular complexity index is 1470. The minimum atomic E-state index is -0.399. The molecular weight excluding hydrogens is 466 g/mol. The van der Waals surface area contributed by atoms with Crippen molar-refractivity contribution in [1.82, 2.24) is 4.57 Å². The molecule has 5 rings (SSSR count). The molecule has 0 atom stereocenters. The molecule has 1 fully saturated rings. The molecule has 0 unspecified atom stereocenters. The fraction of sp³-hybridized carbons (Fsp3) is 0.0769. The number of thiocarbonyl (C=S) groups is 1. The van der Waals surface area contributed by atoms with E-state index in [1.807, 2.05) is 67.6 Å². The second kappa shape index (κ2) is 8.89. The van der Waals surface area contributed by atoms with Gasteiger partial charge in [-0.2, -0.15) is 0 Å². The van der Waals surface area contributed by atoms with E-state index in [0.717, 1.165) is 33.4 Å². The van der Waals surface area contributed by atoms with Crippen LogP contribution in [0.4, 0.5) is 11.4 Å². The largest absolute Gasteiger partial charge is 0.340 e. The number of hydrogen-bond donors (Lipinski definition) is 0. The van der Waals surface area contributed by atoms with Gasteiger partial charge in [-0.1, -0.05) is 72.5 Å². The maximum absolute atomic E-state index is 13.2. The maximum Gasteiger partial charge on any atom is 0.270 e. The average molecular weight is 486 g/mol. The van der Waals surface area contributed by atoms with E-state index in [2.05, 4.69) is 4.57 Å². The molecule has 0 N–H and O–H groups in total. The first-order valence-electron chi connectivity index (χ1n) is 10.6. The van der Waals surface area contributed by atoms with E-state index in [0.29, 0.717) is 15.8 Å². The minimum Gasteiger partial charge on any atom is -0.340 e. The highest BCUT2D eigenvalue weighted by Gasteiger charge is 2.33. The first-order chi connectivity index (χ1) is 16.4. The number of nitro benzene ring substituents is 1. The SMILES string of the molecule is Cc1c(/C=C2/SC(=S)N(c3ccccc3)C2=O)c2ccccc2n1Cc1ccc([N+](=O)[O-])cc1. The highest BCUT2D eigenvalue weighted by molar-refractivity contribution is 8.27. The highest BCUT2D eigenvalue weighted by atomic mass is 32.2. The highest BCUT2D eigenvalue weighted by Crippen LogP contribution is 2.38. The summed E-state index contributed by atoms with van der Waals surface area (Å²) in [4.78, 5) is 26.0. The number of nitro groups is 1. The topological polar surface area (TPSA) is 68.4 Å². The lowest BCUT2D eigenvalue weighted by Crippen LogP contribution is -2.27. The van der Waals surface area contributed by atoms with Crippen molar-refractivity contribution in [1.29, 1.82) is 0 Å². The molecule has 1 aliphatic rings. The van der Waals surface area contributed by atoms with Crippen LogP contribution in [-0.4, -0.2) is 19.7 Å². The molecule has 8 heteroatoms. The van der Waals surface area contributed by atoms with Crippen molar-refractivity contribution in [2.75, 3.05) is 4.90 Å². The zero-order valence-electron chi connectivity index (χ0n) is 18.2. The summed E-state index contributed by atoms with van der Waals surface area (Å²) in [5, 5.41) is 12.0. The van der Waals surface area contributed by atoms with Crippen LogP contribution >= 0.6 is 24.0 Å². The third kappa shape index (κ3) is 3.91. The van der Waals surface area contributed by atoms with Gasteiger partial charge in [0, 0.05) is 40.8 Å². The summed E-state index contributed by atoms with van der Waals surface area (Å²) in [5.41, 5.74) is 4.78. The fourth-order valence-corrected chi connectivity index (χ4v) is 5.43. The van der Waals surface area contributed by atoms with Gasteiger partial charge in [-0.3, -0.25) is 19.8 Å². The molecule has 3 aromatic carbocycles. The summed E-state index contributed by atoms with van der Waals surface area (Å²) in [6, 6.07) is 24.0. The van der Waals surface area contributed by atoms with Gasteiger partial charge in [-0.15, -0.1) is 0 Å². The number of para-hydroxylation sites is 2. The first-order valence-corrected chi connectivity index (χ1v) is 11.8. The summed E-state index contributed by atoms with van der Waals surface area (Å²) in [5.74, 6) is -0.132. The number of amides is 1. The van der Waals surface area contributed by atoms with Crippen LogP contribution in [0.2, 0.25) is 0 Å².